The first-order valence-corrected chi connectivity index (χ1v) is 8.66. The molecule has 4 rings (SSSR count). The molecule has 0 spiro atoms. The highest BCUT2D eigenvalue weighted by atomic mass is 16.5. The SMILES string of the molecule is COc1ccccc1N1CCN(C(=O)c2ccn3c(C)nnc3c2)CC1. The number of aromatic nitrogens is 3. The molecule has 1 aliphatic heterocycles. The lowest BCUT2D eigenvalue weighted by Crippen LogP contribution is -2.48. The third-order valence-corrected chi connectivity index (χ3v) is 4.82. The second-order valence-electron chi connectivity index (χ2n) is 6.34. The Bertz CT molecular complexity index is 944. The van der Waals surface area contributed by atoms with Crippen molar-refractivity contribution in [2.75, 3.05) is 38.2 Å². The number of hydrogen-bond donors (Lipinski definition) is 0. The van der Waals surface area contributed by atoms with E-state index in [-0.39, 0.29) is 5.91 Å². The Kier molecular flexibility index (Phi) is 4.20. The molecule has 26 heavy (non-hydrogen) atoms. The summed E-state index contributed by atoms with van der Waals surface area (Å²) in [6, 6.07) is 11.6. The van der Waals surface area contributed by atoms with Gasteiger partial charge in [-0.3, -0.25) is 9.20 Å². The molecule has 0 unspecified atom stereocenters. The van der Waals surface area contributed by atoms with Crippen LogP contribution in [0.4, 0.5) is 5.69 Å². The van der Waals surface area contributed by atoms with Crippen molar-refractivity contribution in [3.63, 3.8) is 0 Å². The minimum atomic E-state index is 0.0350. The van der Waals surface area contributed by atoms with E-state index in [1.165, 1.54) is 0 Å². The molecule has 2 aromatic heterocycles. The Balaban J connectivity index is 1.47. The van der Waals surface area contributed by atoms with Crippen molar-refractivity contribution in [3.05, 3.63) is 54.0 Å². The summed E-state index contributed by atoms with van der Waals surface area (Å²) in [5, 5.41) is 8.14. The van der Waals surface area contributed by atoms with Gasteiger partial charge in [-0.1, -0.05) is 12.1 Å². The minimum absolute atomic E-state index is 0.0350. The highest BCUT2D eigenvalue weighted by Gasteiger charge is 2.24. The van der Waals surface area contributed by atoms with Crippen molar-refractivity contribution in [1.29, 1.82) is 0 Å². The van der Waals surface area contributed by atoms with Crippen LogP contribution < -0.4 is 9.64 Å². The predicted octanol–water partition coefficient (Wildman–Crippen LogP) is 2.01. The molecule has 0 atom stereocenters. The van der Waals surface area contributed by atoms with E-state index in [0.717, 1.165) is 30.4 Å². The molecule has 7 heteroatoms. The molecule has 0 N–H and O–H groups in total. The number of ether oxygens (including phenoxy) is 1. The Hall–Kier alpha value is -3.09. The summed E-state index contributed by atoms with van der Waals surface area (Å²) in [5.74, 6) is 1.71. The molecule has 0 radical (unpaired) electrons. The number of benzene rings is 1. The number of hydrogen-bond acceptors (Lipinski definition) is 5. The van der Waals surface area contributed by atoms with Crippen molar-refractivity contribution in [3.8, 4) is 5.75 Å². The number of amides is 1. The quantitative estimate of drug-likeness (QED) is 0.722. The van der Waals surface area contributed by atoms with Gasteiger partial charge < -0.3 is 14.5 Å². The van der Waals surface area contributed by atoms with Crippen molar-refractivity contribution in [1.82, 2.24) is 19.5 Å². The topological polar surface area (TPSA) is 63.0 Å². The van der Waals surface area contributed by atoms with Crippen LogP contribution in [0.25, 0.3) is 5.65 Å². The van der Waals surface area contributed by atoms with Gasteiger partial charge in [0, 0.05) is 37.9 Å². The Morgan fingerprint density at radius 1 is 1.08 bits per heavy atom. The van der Waals surface area contributed by atoms with E-state index >= 15 is 0 Å². The van der Waals surface area contributed by atoms with Gasteiger partial charge in [-0.2, -0.15) is 0 Å². The fraction of sp³-hybridized carbons (Fsp3) is 0.316. The van der Waals surface area contributed by atoms with Crippen LogP contribution in [0.3, 0.4) is 0 Å². The maximum absolute atomic E-state index is 12.8. The maximum atomic E-state index is 12.8. The summed E-state index contributed by atoms with van der Waals surface area (Å²) in [5.41, 5.74) is 2.42. The predicted molar refractivity (Wildman–Crippen MR) is 98.8 cm³/mol. The van der Waals surface area contributed by atoms with Crippen LogP contribution in [0, 0.1) is 6.92 Å². The summed E-state index contributed by atoms with van der Waals surface area (Å²) >= 11 is 0. The molecule has 0 aliphatic carbocycles. The number of carbonyl (C=O) groups excluding carboxylic acids is 1. The van der Waals surface area contributed by atoms with Crippen LogP contribution in [-0.2, 0) is 0 Å². The number of rotatable bonds is 3. The lowest BCUT2D eigenvalue weighted by molar-refractivity contribution is 0.0746. The molecule has 1 aromatic carbocycles. The van der Waals surface area contributed by atoms with Gasteiger partial charge in [0.1, 0.15) is 11.6 Å². The zero-order chi connectivity index (χ0) is 18.1. The van der Waals surface area contributed by atoms with Gasteiger partial charge in [-0.25, -0.2) is 0 Å². The summed E-state index contributed by atoms with van der Waals surface area (Å²) in [6.45, 7) is 4.79. The average molecular weight is 351 g/mol. The monoisotopic (exact) mass is 351 g/mol. The zero-order valence-electron chi connectivity index (χ0n) is 14.9. The van der Waals surface area contributed by atoms with Crippen LogP contribution in [0.1, 0.15) is 16.2 Å². The summed E-state index contributed by atoms with van der Waals surface area (Å²) in [6.07, 6.45) is 1.85. The Morgan fingerprint density at radius 2 is 1.85 bits per heavy atom. The van der Waals surface area contributed by atoms with Gasteiger partial charge in [-0.15, -0.1) is 10.2 Å². The summed E-state index contributed by atoms with van der Waals surface area (Å²) in [4.78, 5) is 17.0. The number of methoxy groups -OCH3 is 1. The molecular weight excluding hydrogens is 330 g/mol. The number of pyridine rings is 1. The fourth-order valence-corrected chi connectivity index (χ4v) is 3.37. The first-order chi connectivity index (χ1) is 12.7. The lowest BCUT2D eigenvalue weighted by Gasteiger charge is -2.36. The molecule has 1 saturated heterocycles. The number of piperazine rings is 1. The standard InChI is InChI=1S/C19H21N5O2/c1-14-20-21-18-13-15(7-8-24(14)18)19(25)23-11-9-22(10-12-23)16-5-3-4-6-17(16)26-2/h3-8,13H,9-12H2,1-2H3. The second kappa shape index (κ2) is 6.67. The Labute approximate surface area is 151 Å². The van der Waals surface area contributed by atoms with E-state index in [2.05, 4.69) is 21.2 Å². The van der Waals surface area contributed by atoms with Crippen LogP contribution >= 0.6 is 0 Å². The van der Waals surface area contributed by atoms with Crippen LogP contribution in [0.15, 0.2) is 42.6 Å². The van der Waals surface area contributed by atoms with Crippen molar-refractivity contribution < 1.29 is 9.53 Å². The van der Waals surface area contributed by atoms with Crippen molar-refractivity contribution >= 4 is 17.2 Å². The van der Waals surface area contributed by atoms with Gasteiger partial charge in [0.25, 0.3) is 5.91 Å². The minimum Gasteiger partial charge on any atom is -0.495 e. The van der Waals surface area contributed by atoms with Crippen LogP contribution in [0.5, 0.6) is 5.75 Å². The smallest absolute Gasteiger partial charge is 0.254 e. The highest BCUT2D eigenvalue weighted by molar-refractivity contribution is 5.95. The Morgan fingerprint density at radius 3 is 2.62 bits per heavy atom. The first-order valence-electron chi connectivity index (χ1n) is 8.66. The molecule has 0 saturated carbocycles. The molecule has 1 amide bonds. The fourth-order valence-electron chi connectivity index (χ4n) is 3.37. The lowest BCUT2D eigenvalue weighted by atomic mass is 10.2. The number of para-hydroxylation sites is 2. The molecule has 1 fully saturated rings. The van der Waals surface area contributed by atoms with E-state index in [1.54, 1.807) is 13.2 Å². The number of fused-ring (bicyclic) bond motifs is 1. The highest BCUT2D eigenvalue weighted by Crippen LogP contribution is 2.28. The van der Waals surface area contributed by atoms with Gasteiger partial charge in [-0.05, 0) is 31.2 Å². The largest absolute Gasteiger partial charge is 0.495 e. The molecule has 3 heterocycles. The van der Waals surface area contributed by atoms with Gasteiger partial charge >= 0.3 is 0 Å². The van der Waals surface area contributed by atoms with Gasteiger partial charge in [0.2, 0.25) is 0 Å². The van der Waals surface area contributed by atoms with E-state index in [0.29, 0.717) is 24.3 Å². The second-order valence-corrected chi connectivity index (χ2v) is 6.34. The molecule has 7 nitrogen and oxygen atoms in total. The van der Waals surface area contributed by atoms with Crippen molar-refractivity contribution in [2.45, 2.75) is 6.92 Å². The van der Waals surface area contributed by atoms with Gasteiger partial charge in [0.05, 0.1) is 12.8 Å². The molecule has 3 aromatic rings. The van der Waals surface area contributed by atoms with Gasteiger partial charge in [0.15, 0.2) is 5.65 Å². The average Bonchev–Trinajstić information content (AvgIpc) is 3.08. The normalized spacial score (nSPS) is 14.7. The van der Waals surface area contributed by atoms with E-state index in [1.807, 2.05) is 46.7 Å². The maximum Gasteiger partial charge on any atom is 0.254 e. The summed E-state index contributed by atoms with van der Waals surface area (Å²) in [7, 11) is 1.68. The molecule has 1 aliphatic rings. The third kappa shape index (κ3) is 2.85. The first kappa shape index (κ1) is 16.4. The van der Waals surface area contributed by atoms with E-state index in [9.17, 15) is 4.79 Å². The van der Waals surface area contributed by atoms with Crippen LogP contribution in [0.2, 0.25) is 0 Å². The van der Waals surface area contributed by atoms with E-state index < -0.39 is 0 Å². The number of aryl methyl sites for hydroxylation is 1. The summed E-state index contributed by atoms with van der Waals surface area (Å²) < 4.78 is 7.32. The van der Waals surface area contributed by atoms with Crippen molar-refractivity contribution in [2.24, 2.45) is 0 Å². The van der Waals surface area contributed by atoms with E-state index in [4.69, 9.17) is 4.74 Å². The van der Waals surface area contributed by atoms with Crippen LogP contribution in [-0.4, -0.2) is 58.7 Å². The number of anilines is 1. The molecular formula is C19H21N5O2. The number of carbonyl (C=O) groups is 1. The molecule has 0 bridgehead atoms. The zero-order valence-corrected chi connectivity index (χ0v) is 14.9. The molecule has 134 valence electrons. The third-order valence-electron chi connectivity index (χ3n) is 4.82. The number of nitrogens with zero attached hydrogens (tertiary/aromatic N) is 5.